The van der Waals surface area contributed by atoms with Gasteiger partial charge in [0.1, 0.15) is 5.75 Å². The maximum absolute atomic E-state index is 12.0. The van der Waals surface area contributed by atoms with Crippen LogP contribution in [0.5, 0.6) is 5.75 Å². The molecule has 0 aliphatic rings. The van der Waals surface area contributed by atoms with Crippen molar-refractivity contribution in [3.63, 3.8) is 0 Å². The summed E-state index contributed by atoms with van der Waals surface area (Å²) in [6, 6.07) is 16.1. The van der Waals surface area contributed by atoms with Crippen molar-refractivity contribution in [3.05, 3.63) is 60.0 Å². The summed E-state index contributed by atoms with van der Waals surface area (Å²) in [5.74, 6) is 1.49. The van der Waals surface area contributed by atoms with E-state index in [1.165, 1.54) is 0 Å². The molecule has 1 aromatic heterocycles. The molecule has 0 atom stereocenters. The zero-order valence-corrected chi connectivity index (χ0v) is 14.8. The second-order valence-electron chi connectivity index (χ2n) is 5.71. The molecule has 0 unspecified atom stereocenters. The summed E-state index contributed by atoms with van der Waals surface area (Å²) in [5.41, 5.74) is 2.00. The number of aryl methyl sites for hydroxylation is 1. The van der Waals surface area contributed by atoms with E-state index in [-0.39, 0.29) is 12.3 Å². The van der Waals surface area contributed by atoms with Crippen molar-refractivity contribution in [1.29, 1.82) is 5.26 Å². The van der Waals surface area contributed by atoms with E-state index < -0.39 is 0 Å². The molecule has 0 spiro atoms. The Morgan fingerprint density at radius 1 is 1.19 bits per heavy atom. The number of benzene rings is 2. The number of nitriles is 1. The molecule has 1 amide bonds. The van der Waals surface area contributed by atoms with E-state index in [0.29, 0.717) is 36.0 Å². The minimum Gasteiger partial charge on any atom is -0.494 e. The highest BCUT2D eigenvalue weighted by Gasteiger charge is 2.11. The summed E-state index contributed by atoms with van der Waals surface area (Å²) in [6.07, 6.45) is 0.553. The Balaban J connectivity index is 1.54. The van der Waals surface area contributed by atoms with Crippen LogP contribution in [0, 0.1) is 11.3 Å². The molecule has 1 heterocycles. The van der Waals surface area contributed by atoms with Gasteiger partial charge in [-0.25, -0.2) is 0 Å². The third kappa shape index (κ3) is 4.92. The molecule has 0 aliphatic heterocycles. The zero-order valence-electron chi connectivity index (χ0n) is 14.8. The average molecular weight is 362 g/mol. The number of anilines is 1. The first-order valence-electron chi connectivity index (χ1n) is 8.53. The maximum atomic E-state index is 12.0. The van der Waals surface area contributed by atoms with Crippen LogP contribution in [0.2, 0.25) is 0 Å². The SMILES string of the molecule is CCOc1ccc(-c2noc(CCC(=O)Nc3ccc(C#N)cc3)n2)cc1. The molecule has 0 aliphatic carbocycles. The van der Waals surface area contributed by atoms with Crippen molar-refractivity contribution in [2.45, 2.75) is 19.8 Å². The molecule has 0 saturated carbocycles. The third-order valence-corrected chi connectivity index (χ3v) is 3.76. The Hall–Kier alpha value is -3.66. The molecule has 0 saturated heterocycles. The standard InChI is InChI=1S/C20H18N4O3/c1-2-26-17-9-5-15(6-10-17)20-23-19(27-24-20)12-11-18(25)22-16-7-3-14(13-21)4-8-16/h3-10H,2,11-12H2,1H3,(H,22,25). The van der Waals surface area contributed by atoms with Gasteiger partial charge in [0, 0.05) is 24.1 Å². The van der Waals surface area contributed by atoms with Crippen molar-refractivity contribution >= 4 is 11.6 Å². The molecule has 2 aromatic carbocycles. The predicted molar refractivity (Wildman–Crippen MR) is 99.0 cm³/mol. The van der Waals surface area contributed by atoms with Gasteiger partial charge in [-0.2, -0.15) is 10.2 Å². The van der Waals surface area contributed by atoms with Crippen LogP contribution in [-0.4, -0.2) is 22.7 Å². The number of hydrogen-bond donors (Lipinski definition) is 1. The first-order chi connectivity index (χ1) is 13.2. The molecular weight excluding hydrogens is 344 g/mol. The molecule has 0 radical (unpaired) electrons. The van der Waals surface area contributed by atoms with Gasteiger partial charge in [0.15, 0.2) is 0 Å². The van der Waals surface area contributed by atoms with Gasteiger partial charge in [-0.05, 0) is 55.5 Å². The van der Waals surface area contributed by atoms with Gasteiger partial charge in [-0.15, -0.1) is 0 Å². The summed E-state index contributed by atoms with van der Waals surface area (Å²) >= 11 is 0. The average Bonchev–Trinajstić information content (AvgIpc) is 3.17. The maximum Gasteiger partial charge on any atom is 0.227 e. The van der Waals surface area contributed by atoms with Crippen LogP contribution in [-0.2, 0) is 11.2 Å². The van der Waals surface area contributed by atoms with Crippen LogP contribution >= 0.6 is 0 Å². The number of carbonyl (C=O) groups is 1. The first-order valence-corrected chi connectivity index (χ1v) is 8.53. The number of hydrogen-bond acceptors (Lipinski definition) is 6. The zero-order chi connectivity index (χ0) is 19.1. The highest BCUT2D eigenvalue weighted by molar-refractivity contribution is 5.90. The number of rotatable bonds is 7. The Morgan fingerprint density at radius 2 is 1.93 bits per heavy atom. The Kier molecular flexibility index (Phi) is 5.80. The van der Waals surface area contributed by atoms with E-state index in [2.05, 4.69) is 15.5 Å². The van der Waals surface area contributed by atoms with Gasteiger partial charge < -0.3 is 14.6 Å². The molecule has 27 heavy (non-hydrogen) atoms. The molecule has 136 valence electrons. The number of aromatic nitrogens is 2. The van der Waals surface area contributed by atoms with Crippen molar-refractivity contribution in [2.75, 3.05) is 11.9 Å². The Morgan fingerprint density at radius 3 is 2.59 bits per heavy atom. The van der Waals surface area contributed by atoms with Gasteiger partial charge in [0.25, 0.3) is 0 Å². The van der Waals surface area contributed by atoms with Gasteiger partial charge >= 0.3 is 0 Å². The third-order valence-electron chi connectivity index (χ3n) is 3.76. The lowest BCUT2D eigenvalue weighted by Crippen LogP contribution is -2.12. The summed E-state index contributed by atoms with van der Waals surface area (Å²) < 4.78 is 10.6. The number of nitrogens with one attached hydrogen (secondary N) is 1. The molecule has 0 bridgehead atoms. The lowest BCUT2D eigenvalue weighted by Gasteiger charge is -2.03. The van der Waals surface area contributed by atoms with E-state index >= 15 is 0 Å². The lowest BCUT2D eigenvalue weighted by atomic mass is 10.2. The Bertz CT molecular complexity index is 941. The minimum atomic E-state index is -0.166. The summed E-state index contributed by atoms with van der Waals surface area (Å²) in [5, 5.41) is 15.5. The second-order valence-corrected chi connectivity index (χ2v) is 5.71. The van der Waals surface area contributed by atoms with Crippen molar-refractivity contribution in [1.82, 2.24) is 10.1 Å². The molecular formula is C20H18N4O3. The highest BCUT2D eigenvalue weighted by Crippen LogP contribution is 2.20. The van der Waals surface area contributed by atoms with Crippen LogP contribution in [0.25, 0.3) is 11.4 Å². The van der Waals surface area contributed by atoms with Gasteiger partial charge in [0.05, 0.1) is 18.2 Å². The fourth-order valence-corrected chi connectivity index (χ4v) is 2.41. The van der Waals surface area contributed by atoms with Crippen LogP contribution in [0.15, 0.2) is 53.1 Å². The quantitative estimate of drug-likeness (QED) is 0.689. The van der Waals surface area contributed by atoms with Crippen molar-refractivity contribution in [2.24, 2.45) is 0 Å². The summed E-state index contributed by atoms with van der Waals surface area (Å²) in [6.45, 7) is 2.53. The predicted octanol–water partition coefficient (Wildman–Crippen LogP) is 3.58. The molecule has 0 fully saturated rings. The van der Waals surface area contributed by atoms with Gasteiger partial charge in [-0.1, -0.05) is 5.16 Å². The number of nitrogens with zero attached hydrogens (tertiary/aromatic N) is 3. The second kappa shape index (κ2) is 8.63. The van der Waals surface area contributed by atoms with E-state index in [0.717, 1.165) is 11.3 Å². The molecule has 3 rings (SSSR count). The minimum absolute atomic E-state index is 0.166. The van der Waals surface area contributed by atoms with Gasteiger partial charge in [-0.3, -0.25) is 4.79 Å². The number of ether oxygens (including phenoxy) is 1. The fraction of sp³-hybridized carbons (Fsp3) is 0.200. The van der Waals surface area contributed by atoms with Crippen molar-refractivity contribution < 1.29 is 14.1 Å². The molecule has 1 N–H and O–H groups in total. The molecule has 7 heteroatoms. The van der Waals surface area contributed by atoms with E-state index in [9.17, 15) is 4.79 Å². The summed E-state index contributed by atoms with van der Waals surface area (Å²) in [7, 11) is 0. The normalized spacial score (nSPS) is 10.2. The monoisotopic (exact) mass is 362 g/mol. The fourth-order valence-electron chi connectivity index (χ4n) is 2.41. The molecule has 3 aromatic rings. The van der Waals surface area contributed by atoms with E-state index in [1.54, 1.807) is 24.3 Å². The van der Waals surface area contributed by atoms with Crippen molar-refractivity contribution in [3.8, 4) is 23.2 Å². The highest BCUT2D eigenvalue weighted by atomic mass is 16.5. The van der Waals surface area contributed by atoms with Gasteiger partial charge in [0.2, 0.25) is 17.6 Å². The first kappa shape index (κ1) is 18.1. The van der Waals surface area contributed by atoms with E-state index in [1.807, 2.05) is 37.3 Å². The van der Waals surface area contributed by atoms with Crippen LogP contribution in [0.3, 0.4) is 0 Å². The number of amides is 1. The van der Waals surface area contributed by atoms with Crippen LogP contribution in [0.4, 0.5) is 5.69 Å². The lowest BCUT2D eigenvalue weighted by molar-refractivity contribution is -0.116. The summed E-state index contributed by atoms with van der Waals surface area (Å²) in [4.78, 5) is 16.4. The van der Waals surface area contributed by atoms with Crippen LogP contribution in [0.1, 0.15) is 24.8 Å². The van der Waals surface area contributed by atoms with E-state index in [4.69, 9.17) is 14.5 Å². The smallest absolute Gasteiger partial charge is 0.227 e. The van der Waals surface area contributed by atoms with Crippen LogP contribution < -0.4 is 10.1 Å². The number of carbonyl (C=O) groups excluding carboxylic acids is 1. The topological polar surface area (TPSA) is 101 Å². The molecule has 7 nitrogen and oxygen atoms in total. The largest absolute Gasteiger partial charge is 0.494 e. The Labute approximate surface area is 156 Å².